The van der Waals surface area contributed by atoms with E-state index in [1.165, 1.54) is 7.90 Å². The van der Waals surface area contributed by atoms with E-state index in [0.29, 0.717) is 39.6 Å². The van der Waals surface area contributed by atoms with Gasteiger partial charge in [0.15, 0.2) is 0 Å². The molecule has 3 aliphatic heterocycles. The average Bonchev–Trinajstić information content (AvgIpc) is 3.61. The third-order valence-electron chi connectivity index (χ3n) is 5.36. The second kappa shape index (κ2) is 9.54. The van der Waals surface area contributed by atoms with Gasteiger partial charge in [-0.2, -0.15) is 0 Å². The zero-order valence-electron chi connectivity index (χ0n) is 16.7. The molecule has 3 aliphatic rings. The summed E-state index contributed by atoms with van der Waals surface area (Å²) >= 11 is 2.96. The van der Waals surface area contributed by atoms with E-state index >= 15 is 0 Å². The number of thiophene rings is 3. The minimum absolute atomic E-state index is 0.218. The van der Waals surface area contributed by atoms with Crippen LogP contribution in [0.2, 0.25) is 0 Å². The molecule has 0 aromatic carbocycles. The minimum atomic E-state index is -2.56. The van der Waals surface area contributed by atoms with Crippen LogP contribution in [0.1, 0.15) is 33.5 Å². The molecule has 3 fully saturated rings. The molecule has 0 saturated carbocycles. The molecule has 6 heterocycles. The van der Waals surface area contributed by atoms with Crippen molar-refractivity contribution in [3.63, 3.8) is 0 Å². The Bertz CT molecular complexity index is 885. The Balaban J connectivity index is 1.34. The molecule has 3 aromatic heterocycles. The third kappa shape index (κ3) is 4.44. The first-order valence-electron chi connectivity index (χ1n) is 10.3. The summed E-state index contributed by atoms with van der Waals surface area (Å²) in [4.78, 5) is 3.48. The summed E-state index contributed by atoms with van der Waals surface area (Å²) in [6, 6.07) is 13.4. The second-order valence-corrected chi connectivity index (χ2v) is 22.2. The van der Waals surface area contributed by atoms with Crippen molar-refractivity contribution in [2.75, 3.05) is 39.6 Å². The molecule has 0 atom stereocenters. The van der Waals surface area contributed by atoms with Crippen LogP contribution in [0.15, 0.2) is 36.4 Å². The molecule has 0 amide bonds. The van der Waals surface area contributed by atoms with Crippen molar-refractivity contribution in [1.82, 2.24) is 0 Å². The number of ether oxygens (including phenoxy) is 6. The molecule has 0 N–H and O–H groups in total. The Kier molecular flexibility index (Phi) is 6.54. The van der Waals surface area contributed by atoms with Gasteiger partial charge in [-0.3, -0.25) is 0 Å². The Morgan fingerprint density at radius 1 is 0.484 bits per heavy atom. The first-order chi connectivity index (χ1) is 15.3. The SMILES string of the molecule is c1c[c]([In]([c]2ccc(C3OCCO3)s2)[c]2ccc(C3OCCO3)s2)sc1C1OCCO1. The van der Waals surface area contributed by atoms with Gasteiger partial charge in [0.1, 0.15) is 0 Å². The fourth-order valence-corrected chi connectivity index (χ4v) is 24.6. The Morgan fingerprint density at radius 2 is 0.774 bits per heavy atom. The molecule has 3 saturated heterocycles. The summed E-state index contributed by atoms with van der Waals surface area (Å²) in [5, 5.41) is 0. The summed E-state index contributed by atoms with van der Waals surface area (Å²) in [7, 11) is 0. The van der Waals surface area contributed by atoms with E-state index < -0.39 is 21.4 Å². The van der Waals surface area contributed by atoms with Gasteiger partial charge < -0.3 is 0 Å². The molecule has 10 heteroatoms. The van der Waals surface area contributed by atoms with Crippen LogP contribution in [0.5, 0.6) is 0 Å². The van der Waals surface area contributed by atoms with Crippen molar-refractivity contribution >= 4 is 63.3 Å². The number of hydrogen-bond donors (Lipinski definition) is 0. The molecule has 0 bridgehead atoms. The van der Waals surface area contributed by atoms with Crippen LogP contribution >= 0.6 is 34.0 Å². The van der Waals surface area contributed by atoms with Crippen LogP contribution in [0.3, 0.4) is 0 Å². The molecular weight excluding hydrogens is 559 g/mol. The number of hydrogen-bond acceptors (Lipinski definition) is 9. The van der Waals surface area contributed by atoms with E-state index in [1.807, 2.05) is 34.0 Å². The molecule has 31 heavy (non-hydrogen) atoms. The van der Waals surface area contributed by atoms with Crippen LogP contribution in [-0.2, 0) is 28.4 Å². The molecule has 0 spiro atoms. The Morgan fingerprint density at radius 3 is 1.06 bits per heavy atom. The Hall–Kier alpha value is -0.270. The summed E-state index contributed by atoms with van der Waals surface area (Å²) in [5.74, 6) is 0. The van der Waals surface area contributed by atoms with Crippen LogP contribution in [0.4, 0.5) is 0 Å². The van der Waals surface area contributed by atoms with E-state index in [1.54, 1.807) is 0 Å². The molecule has 6 rings (SSSR count). The summed E-state index contributed by atoms with van der Waals surface area (Å²) < 4.78 is 38.8. The molecule has 6 nitrogen and oxygen atoms in total. The van der Waals surface area contributed by atoms with E-state index in [4.69, 9.17) is 28.4 Å². The zero-order valence-corrected chi connectivity index (χ0v) is 22.4. The normalized spacial score (nSPS) is 20.9. The monoisotopic (exact) mass is 580 g/mol. The Labute approximate surface area is 200 Å². The zero-order chi connectivity index (χ0) is 20.6. The maximum atomic E-state index is 5.74. The van der Waals surface area contributed by atoms with Crippen molar-refractivity contribution in [2.24, 2.45) is 0 Å². The fourth-order valence-electron chi connectivity index (χ4n) is 3.94. The van der Waals surface area contributed by atoms with Gasteiger partial charge >= 0.3 is 201 Å². The van der Waals surface area contributed by atoms with Crippen molar-refractivity contribution in [3.8, 4) is 0 Å². The van der Waals surface area contributed by atoms with Gasteiger partial charge in [-0.25, -0.2) is 0 Å². The van der Waals surface area contributed by atoms with Gasteiger partial charge in [0, 0.05) is 0 Å². The molecule has 0 unspecified atom stereocenters. The fraction of sp³-hybridized carbons (Fsp3) is 0.429. The first-order valence-corrected chi connectivity index (χ1v) is 17.7. The quantitative estimate of drug-likeness (QED) is 0.447. The first kappa shape index (κ1) is 21.3. The van der Waals surface area contributed by atoms with Crippen LogP contribution < -0.4 is 7.90 Å². The van der Waals surface area contributed by atoms with E-state index in [9.17, 15) is 0 Å². The summed E-state index contributed by atoms with van der Waals surface area (Å²) in [5.41, 5.74) is 0. The molecule has 0 aliphatic carbocycles. The van der Waals surface area contributed by atoms with Crippen LogP contribution in [0.25, 0.3) is 0 Å². The standard InChI is InChI=1S/3C7H7O2S.In/c3*1-2-6(10-5-1)7-8-3-4-9-7;/h3*1-2,7H,3-4H2;. The third-order valence-corrected chi connectivity index (χ3v) is 22.5. The summed E-state index contributed by atoms with van der Waals surface area (Å²) in [6.07, 6.45) is -0.655. The van der Waals surface area contributed by atoms with E-state index in [0.717, 1.165) is 14.6 Å². The molecular formula is C21H21InO6S3. The summed E-state index contributed by atoms with van der Waals surface area (Å²) in [6.45, 7) is 3.98. The van der Waals surface area contributed by atoms with Gasteiger partial charge in [0.25, 0.3) is 0 Å². The maximum absolute atomic E-state index is 5.74. The van der Waals surface area contributed by atoms with Crippen molar-refractivity contribution in [2.45, 2.75) is 18.9 Å². The molecule has 0 radical (unpaired) electrons. The van der Waals surface area contributed by atoms with Crippen LogP contribution in [0, 0.1) is 0 Å². The van der Waals surface area contributed by atoms with Gasteiger partial charge in [-0.05, 0) is 0 Å². The topological polar surface area (TPSA) is 55.4 Å². The van der Waals surface area contributed by atoms with Gasteiger partial charge in [0.05, 0.1) is 0 Å². The average molecular weight is 580 g/mol. The van der Waals surface area contributed by atoms with Crippen molar-refractivity contribution in [3.05, 3.63) is 51.0 Å². The van der Waals surface area contributed by atoms with Gasteiger partial charge in [-0.15, -0.1) is 0 Å². The van der Waals surface area contributed by atoms with E-state index in [-0.39, 0.29) is 18.9 Å². The van der Waals surface area contributed by atoms with Gasteiger partial charge in [0.2, 0.25) is 0 Å². The van der Waals surface area contributed by atoms with E-state index in [2.05, 4.69) is 36.4 Å². The second-order valence-electron chi connectivity index (χ2n) is 7.37. The van der Waals surface area contributed by atoms with Crippen LogP contribution in [-0.4, -0.2) is 61.1 Å². The molecule has 3 aromatic rings. The van der Waals surface area contributed by atoms with Crippen molar-refractivity contribution in [1.29, 1.82) is 0 Å². The van der Waals surface area contributed by atoms with Crippen molar-refractivity contribution < 1.29 is 28.4 Å². The van der Waals surface area contributed by atoms with Gasteiger partial charge in [-0.1, -0.05) is 0 Å². The molecule has 162 valence electrons. The predicted octanol–water partition coefficient (Wildman–Crippen LogP) is 2.52. The number of rotatable bonds is 6. The predicted molar refractivity (Wildman–Crippen MR) is 122 cm³/mol.